The fourth-order valence-corrected chi connectivity index (χ4v) is 2.04. The number of aryl methyl sites for hydroxylation is 1. The third-order valence-corrected chi connectivity index (χ3v) is 2.76. The van der Waals surface area contributed by atoms with Gasteiger partial charge in [-0.3, -0.25) is 0 Å². The van der Waals surface area contributed by atoms with Gasteiger partial charge in [-0.05, 0) is 13.0 Å². The van der Waals surface area contributed by atoms with Crippen molar-refractivity contribution in [3.8, 4) is 17.4 Å². The first-order chi connectivity index (χ1) is 8.29. The molecule has 3 rings (SSSR count). The lowest BCUT2D eigenvalue weighted by atomic mass is 10.1. The molecule has 1 N–H and O–H groups in total. The van der Waals surface area contributed by atoms with E-state index in [-0.39, 0.29) is 0 Å². The molecule has 0 fully saturated rings. The van der Waals surface area contributed by atoms with Crippen LogP contribution in [0.3, 0.4) is 0 Å². The first kappa shape index (κ1) is 9.67. The van der Waals surface area contributed by atoms with E-state index in [1.54, 1.807) is 6.07 Å². The molecule has 1 aromatic carbocycles. The summed E-state index contributed by atoms with van der Waals surface area (Å²) in [6.07, 6.45) is 0. The Morgan fingerprint density at radius 1 is 1.35 bits per heavy atom. The standard InChI is InChI=1S/C13H9N3O/c1-8-13(12-6-9(7-14)16-17-12)10-4-2-3-5-11(10)15-8/h2-6,15H,1H3. The number of hydrogen-bond donors (Lipinski definition) is 1. The van der Waals surface area contributed by atoms with Gasteiger partial charge < -0.3 is 9.51 Å². The van der Waals surface area contributed by atoms with Crippen LogP contribution < -0.4 is 0 Å². The van der Waals surface area contributed by atoms with Crippen molar-refractivity contribution in [3.05, 3.63) is 41.7 Å². The Kier molecular flexibility index (Phi) is 1.99. The van der Waals surface area contributed by atoms with Crippen molar-refractivity contribution in [2.45, 2.75) is 6.92 Å². The Hall–Kier alpha value is -2.54. The maximum absolute atomic E-state index is 8.75. The van der Waals surface area contributed by atoms with E-state index in [4.69, 9.17) is 9.78 Å². The molecule has 2 heterocycles. The van der Waals surface area contributed by atoms with Gasteiger partial charge in [0.25, 0.3) is 0 Å². The third kappa shape index (κ3) is 1.41. The van der Waals surface area contributed by atoms with E-state index in [0.717, 1.165) is 22.2 Å². The Bertz CT molecular complexity index is 731. The van der Waals surface area contributed by atoms with Crippen LogP contribution in [0.15, 0.2) is 34.9 Å². The quantitative estimate of drug-likeness (QED) is 0.689. The molecule has 0 aliphatic heterocycles. The molecular formula is C13H9N3O. The lowest BCUT2D eigenvalue weighted by molar-refractivity contribution is 0.430. The fraction of sp³-hybridized carbons (Fsp3) is 0.0769. The van der Waals surface area contributed by atoms with Gasteiger partial charge >= 0.3 is 0 Å². The van der Waals surface area contributed by atoms with Crippen LogP contribution in [0.5, 0.6) is 0 Å². The van der Waals surface area contributed by atoms with Crippen LogP contribution in [-0.2, 0) is 0 Å². The zero-order valence-electron chi connectivity index (χ0n) is 9.19. The number of rotatable bonds is 1. The van der Waals surface area contributed by atoms with Crippen LogP contribution in [0.4, 0.5) is 0 Å². The zero-order chi connectivity index (χ0) is 11.8. The van der Waals surface area contributed by atoms with Crippen molar-refractivity contribution in [1.82, 2.24) is 10.1 Å². The molecule has 0 saturated heterocycles. The normalized spacial score (nSPS) is 10.6. The molecule has 82 valence electrons. The van der Waals surface area contributed by atoms with Gasteiger partial charge in [-0.2, -0.15) is 5.26 Å². The number of nitriles is 1. The van der Waals surface area contributed by atoms with Gasteiger partial charge in [0.1, 0.15) is 6.07 Å². The number of hydrogen-bond acceptors (Lipinski definition) is 3. The van der Waals surface area contributed by atoms with E-state index in [1.165, 1.54) is 0 Å². The van der Waals surface area contributed by atoms with Gasteiger partial charge in [0, 0.05) is 28.2 Å². The summed E-state index contributed by atoms with van der Waals surface area (Å²) in [5.41, 5.74) is 3.32. The van der Waals surface area contributed by atoms with Crippen molar-refractivity contribution < 1.29 is 4.52 Å². The lowest BCUT2D eigenvalue weighted by Crippen LogP contribution is -1.75. The summed E-state index contributed by atoms with van der Waals surface area (Å²) >= 11 is 0. The summed E-state index contributed by atoms with van der Waals surface area (Å²) in [4.78, 5) is 3.28. The molecule has 0 spiro atoms. The summed E-state index contributed by atoms with van der Waals surface area (Å²) in [6.45, 7) is 1.98. The second kappa shape index (κ2) is 3.49. The smallest absolute Gasteiger partial charge is 0.184 e. The number of para-hydroxylation sites is 1. The highest BCUT2D eigenvalue weighted by atomic mass is 16.5. The molecule has 0 aliphatic rings. The Labute approximate surface area is 97.5 Å². The van der Waals surface area contributed by atoms with Crippen molar-refractivity contribution >= 4 is 10.9 Å². The van der Waals surface area contributed by atoms with Crippen LogP contribution in [0.1, 0.15) is 11.4 Å². The van der Waals surface area contributed by atoms with Crippen molar-refractivity contribution in [1.29, 1.82) is 5.26 Å². The van der Waals surface area contributed by atoms with E-state index >= 15 is 0 Å². The topological polar surface area (TPSA) is 65.6 Å². The average molecular weight is 223 g/mol. The van der Waals surface area contributed by atoms with E-state index in [9.17, 15) is 0 Å². The average Bonchev–Trinajstić information content (AvgIpc) is 2.91. The van der Waals surface area contributed by atoms with Gasteiger partial charge in [0.2, 0.25) is 0 Å². The van der Waals surface area contributed by atoms with Gasteiger partial charge in [-0.25, -0.2) is 0 Å². The summed E-state index contributed by atoms with van der Waals surface area (Å²) in [5, 5.41) is 13.5. The first-order valence-corrected chi connectivity index (χ1v) is 5.24. The number of fused-ring (bicyclic) bond motifs is 1. The molecule has 4 nitrogen and oxygen atoms in total. The fourth-order valence-electron chi connectivity index (χ4n) is 2.04. The minimum absolute atomic E-state index is 0.296. The van der Waals surface area contributed by atoms with Gasteiger partial charge in [-0.15, -0.1) is 0 Å². The number of nitrogens with one attached hydrogen (secondary N) is 1. The predicted molar refractivity (Wildman–Crippen MR) is 63.2 cm³/mol. The highest BCUT2D eigenvalue weighted by Gasteiger charge is 2.14. The molecule has 0 saturated carbocycles. The number of aromatic nitrogens is 2. The largest absolute Gasteiger partial charge is 0.358 e. The maximum Gasteiger partial charge on any atom is 0.184 e. The molecule has 0 amide bonds. The van der Waals surface area contributed by atoms with Crippen LogP contribution >= 0.6 is 0 Å². The highest BCUT2D eigenvalue weighted by Crippen LogP contribution is 2.32. The van der Waals surface area contributed by atoms with Crippen molar-refractivity contribution in [2.75, 3.05) is 0 Å². The first-order valence-electron chi connectivity index (χ1n) is 5.24. The Balaban J connectivity index is 2.30. The predicted octanol–water partition coefficient (Wildman–Crippen LogP) is 3.00. The summed E-state index contributed by atoms with van der Waals surface area (Å²) < 4.78 is 5.20. The zero-order valence-corrected chi connectivity index (χ0v) is 9.19. The van der Waals surface area contributed by atoms with Crippen molar-refractivity contribution in [3.63, 3.8) is 0 Å². The van der Waals surface area contributed by atoms with E-state index in [2.05, 4.69) is 10.1 Å². The molecule has 0 aliphatic carbocycles. The second-order valence-corrected chi connectivity index (χ2v) is 3.86. The number of nitrogens with zero attached hydrogens (tertiary/aromatic N) is 2. The summed E-state index contributed by atoms with van der Waals surface area (Å²) in [7, 11) is 0. The highest BCUT2D eigenvalue weighted by molar-refractivity contribution is 5.96. The van der Waals surface area contributed by atoms with E-state index in [0.29, 0.717) is 11.5 Å². The lowest BCUT2D eigenvalue weighted by Gasteiger charge is -1.94. The molecule has 0 radical (unpaired) electrons. The van der Waals surface area contributed by atoms with E-state index in [1.807, 2.05) is 37.3 Å². The molecule has 17 heavy (non-hydrogen) atoms. The minimum Gasteiger partial charge on any atom is -0.358 e. The summed E-state index contributed by atoms with van der Waals surface area (Å²) in [5.74, 6) is 0.622. The number of benzene rings is 1. The molecule has 0 bridgehead atoms. The van der Waals surface area contributed by atoms with Crippen molar-refractivity contribution in [2.24, 2.45) is 0 Å². The van der Waals surface area contributed by atoms with Crippen LogP contribution in [-0.4, -0.2) is 10.1 Å². The Morgan fingerprint density at radius 2 is 2.18 bits per heavy atom. The van der Waals surface area contributed by atoms with Crippen LogP contribution in [0.2, 0.25) is 0 Å². The van der Waals surface area contributed by atoms with Gasteiger partial charge in [-0.1, -0.05) is 23.4 Å². The second-order valence-electron chi connectivity index (χ2n) is 3.86. The third-order valence-electron chi connectivity index (χ3n) is 2.76. The van der Waals surface area contributed by atoms with Gasteiger partial charge in [0.05, 0.1) is 0 Å². The molecule has 4 heteroatoms. The molecular weight excluding hydrogens is 214 g/mol. The molecule has 2 aromatic heterocycles. The Morgan fingerprint density at radius 3 is 2.94 bits per heavy atom. The minimum atomic E-state index is 0.296. The number of H-pyrrole nitrogens is 1. The van der Waals surface area contributed by atoms with Crippen LogP contribution in [0.25, 0.3) is 22.2 Å². The SMILES string of the molecule is Cc1[nH]c2ccccc2c1-c1cc(C#N)no1. The van der Waals surface area contributed by atoms with Gasteiger partial charge in [0.15, 0.2) is 11.5 Å². The molecule has 0 atom stereocenters. The summed E-state index contributed by atoms with van der Waals surface area (Å²) in [6, 6.07) is 11.6. The number of aromatic amines is 1. The monoisotopic (exact) mass is 223 g/mol. The van der Waals surface area contributed by atoms with Crippen LogP contribution in [0, 0.1) is 18.3 Å². The molecule has 0 unspecified atom stereocenters. The molecule has 3 aromatic rings. The maximum atomic E-state index is 8.75. The van der Waals surface area contributed by atoms with E-state index < -0.39 is 0 Å².